The Morgan fingerprint density at radius 1 is 0.565 bits per heavy atom. The van der Waals surface area contributed by atoms with Crippen molar-refractivity contribution < 1.29 is 5.11 Å². The Morgan fingerprint density at radius 3 is 1.17 bits per heavy atom. The SMILES string of the molecule is CCCCCCCCCCCCCCCCCC[CH]C(C)(C)O. The molecule has 0 saturated heterocycles. The lowest BCUT2D eigenvalue weighted by molar-refractivity contribution is 0.111. The predicted molar refractivity (Wildman–Crippen MR) is 105 cm³/mol. The van der Waals surface area contributed by atoms with E-state index in [9.17, 15) is 5.11 Å². The number of hydrogen-bond donors (Lipinski definition) is 1. The molecular weight excluding hydrogens is 280 g/mol. The van der Waals surface area contributed by atoms with E-state index < -0.39 is 5.60 Å². The summed E-state index contributed by atoms with van der Waals surface area (Å²) in [5.74, 6) is 0. The number of hydrogen-bond acceptors (Lipinski definition) is 1. The highest BCUT2D eigenvalue weighted by Gasteiger charge is 2.11. The van der Waals surface area contributed by atoms with E-state index in [2.05, 4.69) is 6.92 Å². The average Bonchev–Trinajstić information content (AvgIpc) is 2.49. The third-order valence-corrected chi connectivity index (χ3v) is 4.70. The minimum atomic E-state index is -0.588. The van der Waals surface area contributed by atoms with E-state index >= 15 is 0 Å². The Labute approximate surface area is 147 Å². The molecule has 1 N–H and O–H groups in total. The highest BCUT2D eigenvalue weighted by Crippen LogP contribution is 2.16. The fourth-order valence-corrected chi connectivity index (χ4v) is 3.15. The maximum atomic E-state index is 9.59. The van der Waals surface area contributed by atoms with E-state index in [4.69, 9.17) is 0 Å². The van der Waals surface area contributed by atoms with E-state index in [0.717, 1.165) is 6.42 Å². The fraction of sp³-hybridized carbons (Fsp3) is 0.955. The van der Waals surface area contributed by atoms with Crippen LogP contribution in [0, 0.1) is 6.42 Å². The zero-order valence-electron chi connectivity index (χ0n) is 16.5. The standard InChI is InChI=1S/C22H45O/c1-4-5-6-7-8-9-10-11-12-13-14-15-16-17-18-19-20-21-22(2,3)23/h21,23H,4-20H2,1-3H3. The van der Waals surface area contributed by atoms with Crippen molar-refractivity contribution in [3.05, 3.63) is 6.42 Å². The van der Waals surface area contributed by atoms with Crippen molar-refractivity contribution in [3.63, 3.8) is 0 Å². The third-order valence-electron chi connectivity index (χ3n) is 4.70. The predicted octanol–water partition coefficient (Wildman–Crippen LogP) is 7.61. The molecule has 0 aromatic carbocycles. The fourth-order valence-electron chi connectivity index (χ4n) is 3.15. The maximum Gasteiger partial charge on any atom is 0.0623 e. The Bertz CT molecular complexity index is 217. The minimum Gasteiger partial charge on any atom is -0.390 e. The lowest BCUT2D eigenvalue weighted by Crippen LogP contribution is -2.18. The van der Waals surface area contributed by atoms with Gasteiger partial charge < -0.3 is 5.11 Å². The second-order valence-corrected chi connectivity index (χ2v) is 7.95. The number of aliphatic hydroxyl groups is 1. The topological polar surface area (TPSA) is 20.2 Å². The molecule has 0 atom stereocenters. The number of rotatable bonds is 18. The smallest absolute Gasteiger partial charge is 0.0623 e. The largest absolute Gasteiger partial charge is 0.390 e. The van der Waals surface area contributed by atoms with Gasteiger partial charge in [0.05, 0.1) is 5.60 Å². The normalized spacial score (nSPS) is 12.0. The molecule has 23 heavy (non-hydrogen) atoms. The molecule has 0 aromatic rings. The molecule has 0 spiro atoms. The molecule has 0 saturated carbocycles. The van der Waals surface area contributed by atoms with Gasteiger partial charge in [0.25, 0.3) is 0 Å². The van der Waals surface area contributed by atoms with E-state index in [1.807, 2.05) is 20.3 Å². The van der Waals surface area contributed by atoms with Crippen molar-refractivity contribution >= 4 is 0 Å². The van der Waals surface area contributed by atoms with Crippen molar-refractivity contribution in [2.45, 2.75) is 136 Å². The van der Waals surface area contributed by atoms with Crippen LogP contribution >= 0.6 is 0 Å². The molecule has 1 radical (unpaired) electrons. The van der Waals surface area contributed by atoms with Crippen LogP contribution in [0.5, 0.6) is 0 Å². The molecule has 0 amide bonds. The zero-order valence-corrected chi connectivity index (χ0v) is 16.5. The van der Waals surface area contributed by atoms with Crippen LogP contribution in [0.4, 0.5) is 0 Å². The first kappa shape index (κ1) is 23.0. The van der Waals surface area contributed by atoms with Crippen LogP contribution < -0.4 is 0 Å². The minimum absolute atomic E-state index is 0.588. The molecule has 0 rings (SSSR count). The van der Waals surface area contributed by atoms with E-state index in [1.54, 1.807) is 0 Å². The molecular formula is C22H45O. The average molecular weight is 326 g/mol. The third kappa shape index (κ3) is 22.0. The van der Waals surface area contributed by atoms with Crippen LogP contribution in [0.3, 0.4) is 0 Å². The summed E-state index contributed by atoms with van der Waals surface area (Å²) in [5.41, 5.74) is -0.588. The van der Waals surface area contributed by atoms with Gasteiger partial charge in [-0.1, -0.05) is 110 Å². The van der Waals surface area contributed by atoms with Gasteiger partial charge in [0.1, 0.15) is 0 Å². The first-order valence-corrected chi connectivity index (χ1v) is 10.6. The Hall–Kier alpha value is -0.0400. The summed E-state index contributed by atoms with van der Waals surface area (Å²) in [6.45, 7) is 6.01. The molecule has 0 heterocycles. The highest BCUT2D eigenvalue weighted by molar-refractivity contribution is 4.83. The van der Waals surface area contributed by atoms with Crippen molar-refractivity contribution in [3.8, 4) is 0 Å². The van der Waals surface area contributed by atoms with E-state index in [1.165, 1.54) is 103 Å². The van der Waals surface area contributed by atoms with Gasteiger partial charge in [-0.25, -0.2) is 0 Å². The first-order chi connectivity index (χ1) is 11.1. The lowest BCUT2D eigenvalue weighted by atomic mass is 9.99. The van der Waals surface area contributed by atoms with Crippen molar-refractivity contribution in [2.24, 2.45) is 0 Å². The Balaban J connectivity index is 3.00. The monoisotopic (exact) mass is 325 g/mol. The first-order valence-electron chi connectivity index (χ1n) is 10.6. The molecule has 0 fully saturated rings. The molecule has 0 unspecified atom stereocenters. The van der Waals surface area contributed by atoms with Crippen LogP contribution in [0.2, 0.25) is 0 Å². The van der Waals surface area contributed by atoms with Gasteiger partial charge in [0.15, 0.2) is 0 Å². The molecule has 0 aliphatic carbocycles. The second kappa shape index (κ2) is 16.8. The van der Waals surface area contributed by atoms with Gasteiger partial charge >= 0.3 is 0 Å². The molecule has 0 aliphatic rings. The molecule has 139 valence electrons. The van der Waals surface area contributed by atoms with Crippen LogP contribution in [-0.4, -0.2) is 10.7 Å². The summed E-state index contributed by atoms with van der Waals surface area (Å²) >= 11 is 0. The van der Waals surface area contributed by atoms with Crippen LogP contribution in [0.15, 0.2) is 0 Å². The Morgan fingerprint density at radius 2 is 0.870 bits per heavy atom. The van der Waals surface area contributed by atoms with Crippen molar-refractivity contribution in [2.75, 3.05) is 0 Å². The quantitative estimate of drug-likeness (QED) is 0.257. The molecule has 0 bridgehead atoms. The zero-order chi connectivity index (χ0) is 17.2. The lowest BCUT2D eigenvalue weighted by Gasteiger charge is -2.15. The van der Waals surface area contributed by atoms with Gasteiger partial charge in [-0.3, -0.25) is 0 Å². The van der Waals surface area contributed by atoms with Crippen molar-refractivity contribution in [1.82, 2.24) is 0 Å². The van der Waals surface area contributed by atoms with Crippen LogP contribution in [0.25, 0.3) is 0 Å². The van der Waals surface area contributed by atoms with E-state index in [-0.39, 0.29) is 0 Å². The van der Waals surface area contributed by atoms with Gasteiger partial charge in [0, 0.05) is 0 Å². The summed E-state index contributed by atoms with van der Waals surface area (Å²) in [4.78, 5) is 0. The summed E-state index contributed by atoms with van der Waals surface area (Å²) in [6, 6.07) is 0. The van der Waals surface area contributed by atoms with Crippen LogP contribution in [-0.2, 0) is 0 Å². The van der Waals surface area contributed by atoms with Gasteiger partial charge in [-0.2, -0.15) is 0 Å². The van der Waals surface area contributed by atoms with E-state index in [0.29, 0.717) is 0 Å². The van der Waals surface area contributed by atoms with Gasteiger partial charge in [-0.05, 0) is 26.7 Å². The highest BCUT2D eigenvalue weighted by atomic mass is 16.3. The van der Waals surface area contributed by atoms with Crippen molar-refractivity contribution in [1.29, 1.82) is 0 Å². The second-order valence-electron chi connectivity index (χ2n) is 7.95. The van der Waals surface area contributed by atoms with Crippen LogP contribution in [0.1, 0.15) is 130 Å². The Kier molecular flexibility index (Phi) is 16.8. The summed E-state index contributed by atoms with van der Waals surface area (Å²) < 4.78 is 0. The summed E-state index contributed by atoms with van der Waals surface area (Å²) in [6.07, 6.45) is 25.7. The summed E-state index contributed by atoms with van der Waals surface area (Å²) in [5, 5.41) is 9.59. The van der Waals surface area contributed by atoms with Gasteiger partial charge in [0.2, 0.25) is 0 Å². The molecule has 0 aromatic heterocycles. The maximum absolute atomic E-state index is 9.59. The molecule has 1 heteroatoms. The summed E-state index contributed by atoms with van der Waals surface area (Å²) in [7, 11) is 0. The molecule has 1 nitrogen and oxygen atoms in total. The molecule has 0 aliphatic heterocycles. The number of unbranched alkanes of at least 4 members (excludes halogenated alkanes) is 16. The van der Waals surface area contributed by atoms with Gasteiger partial charge in [-0.15, -0.1) is 0 Å².